The molecule has 10 heteroatoms. The first-order chi connectivity index (χ1) is 15.4. The Labute approximate surface area is 186 Å². The van der Waals surface area contributed by atoms with Crippen molar-refractivity contribution in [2.24, 2.45) is 0 Å². The molecule has 1 saturated carbocycles. The van der Waals surface area contributed by atoms with Gasteiger partial charge in [-0.05, 0) is 54.9 Å². The Morgan fingerprint density at radius 1 is 1.06 bits per heavy atom. The summed E-state index contributed by atoms with van der Waals surface area (Å²) in [6, 6.07) is 7.26. The number of hydrogen-bond acceptors (Lipinski definition) is 5. The van der Waals surface area contributed by atoms with Crippen LogP contribution in [0.3, 0.4) is 0 Å². The molecule has 1 saturated heterocycles. The standard InChI is InChI=1S/C22H17F2N5O2S/c23-11-3-1-10(2-4-11)18-20(29-16(30)9-28(22(29)32)13-5-6-13)19-17-14(21(31)27-26-19)7-12(24)8-15(17)25-18/h1-4,7-8,13,18,20,25H,5-6,9H2,(H,27,31). The highest BCUT2D eigenvalue weighted by atomic mass is 32.1. The van der Waals surface area contributed by atoms with Crippen molar-refractivity contribution in [1.29, 1.82) is 0 Å². The number of rotatable bonds is 3. The van der Waals surface area contributed by atoms with Gasteiger partial charge in [0.2, 0.25) is 5.91 Å². The van der Waals surface area contributed by atoms with E-state index in [1.165, 1.54) is 23.1 Å². The topological polar surface area (TPSA) is 81.3 Å². The van der Waals surface area contributed by atoms with E-state index in [1.807, 2.05) is 4.90 Å². The molecule has 32 heavy (non-hydrogen) atoms. The van der Waals surface area contributed by atoms with Gasteiger partial charge >= 0.3 is 0 Å². The largest absolute Gasteiger partial charge is 0.375 e. The van der Waals surface area contributed by atoms with Gasteiger partial charge in [0.25, 0.3) is 5.56 Å². The van der Waals surface area contributed by atoms with Gasteiger partial charge in [-0.1, -0.05) is 12.1 Å². The molecule has 2 unspecified atom stereocenters. The predicted octanol–water partition coefficient (Wildman–Crippen LogP) is 3.00. The van der Waals surface area contributed by atoms with Crippen LogP contribution in [0, 0.1) is 11.6 Å². The molecule has 2 N–H and O–H groups in total. The molecular weight excluding hydrogens is 436 g/mol. The third-order valence-corrected chi connectivity index (χ3v) is 6.74. The second-order valence-electron chi connectivity index (χ2n) is 8.34. The number of carbonyl (C=O) groups excluding carboxylic acids is 1. The maximum absolute atomic E-state index is 14.3. The summed E-state index contributed by atoms with van der Waals surface area (Å²) < 4.78 is 27.9. The minimum absolute atomic E-state index is 0.136. The van der Waals surface area contributed by atoms with Crippen molar-refractivity contribution < 1.29 is 13.6 Å². The SMILES string of the molecule is O=C1CN(C2CC2)C(=S)N1C1c2n[nH]c(=O)c3cc(F)cc(c23)NC1c1ccc(F)cc1. The Bertz CT molecular complexity index is 1350. The normalized spacial score (nSPS) is 22.6. The third kappa shape index (κ3) is 2.82. The average Bonchev–Trinajstić information content (AvgIpc) is 3.56. The predicted molar refractivity (Wildman–Crippen MR) is 117 cm³/mol. The maximum Gasteiger partial charge on any atom is 0.272 e. The van der Waals surface area contributed by atoms with Gasteiger partial charge in [-0.3, -0.25) is 14.5 Å². The minimum Gasteiger partial charge on any atom is -0.375 e. The van der Waals surface area contributed by atoms with Crippen molar-refractivity contribution in [3.8, 4) is 0 Å². The Morgan fingerprint density at radius 2 is 1.81 bits per heavy atom. The number of aromatic nitrogens is 2. The summed E-state index contributed by atoms with van der Waals surface area (Å²) in [7, 11) is 0. The number of benzene rings is 2. The molecule has 3 heterocycles. The number of nitrogens with one attached hydrogen (secondary N) is 2. The molecule has 1 aromatic heterocycles. The summed E-state index contributed by atoms with van der Waals surface area (Å²) in [6.45, 7) is 0.179. The highest BCUT2D eigenvalue weighted by molar-refractivity contribution is 7.80. The van der Waals surface area contributed by atoms with Crippen LogP contribution in [0.1, 0.15) is 36.2 Å². The van der Waals surface area contributed by atoms with E-state index in [0.717, 1.165) is 18.9 Å². The van der Waals surface area contributed by atoms with E-state index in [4.69, 9.17) is 12.2 Å². The van der Waals surface area contributed by atoms with Crippen LogP contribution in [0.15, 0.2) is 41.2 Å². The number of nitrogens with zero attached hydrogens (tertiary/aromatic N) is 3. The number of aromatic amines is 1. The number of halogens is 2. The molecule has 162 valence electrons. The Balaban J connectivity index is 1.58. The third-order valence-electron chi connectivity index (χ3n) is 6.31. The first-order valence-corrected chi connectivity index (χ1v) is 10.7. The number of amides is 1. The smallest absolute Gasteiger partial charge is 0.272 e. The van der Waals surface area contributed by atoms with Crippen LogP contribution < -0.4 is 10.9 Å². The van der Waals surface area contributed by atoms with Gasteiger partial charge in [-0.2, -0.15) is 5.10 Å². The van der Waals surface area contributed by atoms with Crippen molar-refractivity contribution in [2.75, 3.05) is 11.9 Å². The number of hydrogen-bond donors (Lipinski definition) is 2. The van der Waals surface area contributed by atoms with E-state index in [-0.39, 0.29) is 23.9 Å². The number of H-pyrrole nitrogens is 1. The van der Waals surface area contributed by atoms with Crippen LogP contribution >= 0.6 is 12.2 Å². The van der Waals surface area contributed by atoms with Crippen LogP contribution in [0.2, 0.25) is 0 Å². The monoisotopic (exact) mass is 453 g/mol. The van der Waals surface area contributed by atoms with E-state index >= 15 is 0 Å². The fraction of sp³-hybridized carbons (Fsp3) is 0.273. The minimum atomic E-state index is -0.707. The summed E-state index contributed by atoms with van der Waals surface area (Å²) in [5.74, 6) is -1.15. The molecule has 2 fully saturated rings. The van der Waals surface area contributed by atoms with Gasteiger partial charge in [0.05, 0.1) is 23.7 Å². The zero-order valence-corrected chi connectivity index (χ0v) is 17.5. The van der Waals surface area contributed by atoms with E-state index in [1.54, 1.807) is 12.1 Å². The van der Waals surface area contributed by atoms with Crippen LogP contribution in [0.5, 0.6) is 0 Å². The summed E-state index contributed by atoms with van der Waals surface area (Å²) in [6.07, 6.45) is 1.96. The molecule has 1 amide bonds. The molecule has 3 aromatic rings. The lowest BCUT2D eigenvalue weighted by Gasteiger charge is -2.39. The van der Waals surface area contributed by atoms with E-state index in [9.17, 15) is 18.4 Å². The summed E-state index contributed by atoms with van der Waals surface area (Å²) >= 11 is 5.69. The summed E-state index contributed by atoms with van der Waals surface area (Å²) in [5.41, 5.74) is 0.944. The first-order valence-electron chi connectivity index (χ1n) is 10.3. The summed E-state index contributed by atoms with van der Waals surface area (Å²) in [5, 5.41) is 11.0. The molecule has 7 nitrogen and oxygen atoms in total. The van der Waals surface area contributed by atoms with Crippen molar-refractivity contribution >= 4 is 39.7 Å². The number of anilines is 1. The molecule has 0 spiro atoms. The van der Waals surface area contributed by atoms with Gasteiger partial charge in [-0.15, -0.1) is 0 Å². The molecule has 1 aliphatic carbocycles. The highest BCUT2D eigenvalue weighted by Crippen LogP contribution is 2.47. The average molecular weight is 453 g/mol. The molecule has 3 aliphatic rings. The lowest BCUT2D eigenvalue weighted by atomic mass is 9.88. The fourth-order valence-electron chi connectivity index (χ4n) is 4.71. The van der Waals surface area contributed by atoms with Gasteiger partial charge in [-0.25, -0.2) is 13.9 Å². The molecule has 6 rings (SSSR count). The fourth-order valence-corrected chi connectivity index (χ4v) is 5.14. The van der Waals surface area contributed by atoms with E-state index < -0.39 is 29.3 Å². The second-order valence-corrected chi connectivity index (χ2v) is 8.70. The van der Waals surface area contributed by atoms with Gasteiger partial charge < -0.3 is 10.2 Å². The van der Waals surface area contributed by atoms with Crippen molar-refractivity contribution in [3.05, 3.63) is 69.6 Å². The first kappa shape index (κ1) is 19.3. The molecule has 2 aliphatic heterocycles. The zero-order chi connectivity index (χ0) is 22.1. The maximum atomic E-state index is 14.3. The van der Waals surface area contributed by atoms with Crippen LogP contribution in [0.4, 0.5) is 14.5 Å². The highest BCUT2D eigenvalue weighted by Gasteiger charge is 2.48. The lowest BCUT2D eigenvalue weighted by Crippen LogP contribution is -2.43. The molecule has 0 bridgehead atoms. The van der Waals surface area contributed by atoms with E-state index in [0.29, 0.717) is 27.4 Å². The van der Waals surface area contributed by atoms with Gasteiger partial charge in [0.1, 0.15) is 17.7 Å². The van der Waals surface area contributed by atoms with Crippen molar-refractivity contribution in [3.63, 3.8) is 0 Å². The Morgan fingerprint density at radius 3 is 2.53 bits per heavy atom. The molecular formula is C22H17F2N5O2S. The molecule has 2 atom stereocenters. The van der Waals surface area contributed by atoms with Gasteiger partial charge in [0.15, 0.2) is 5.11 Å². The lowest BCUT2D eigenvalue weighted by molar-refractivity contribution is -0.126. The molecule has 2 aromatic carbocycles. The van der Waals surface area contributed by atoms with Crippen LogP contribution in [-0.2, 0) is 4.79 Å². The van der Waals surface area contributed by atoms with Gasteiger partial charge in [0, 0.05) is 17.1 Å². The number of carbonyl (C=O) groups is 1. The van der Waals surface area contributed by atoms with Crippen molar-refractivity contribution in [2.45, 2.75) is 31.0 Å². The Hall–Kier alpha value is -3.40. The van der Waals surface area contributed by atoms with Crippen LogP contribution in [-0.4, -0.2) is 43.6 Å². The van der Waals surface area contributed by atoms with Crippen LogP contribution in [0.25, 0.3) is 10.8 Å². The van der Waals surface area contributed by atoms with Crippen molar-refractivity contribution in [1.82, 2.24) is 20.0 Å². The van der Waals surface area contributed by atoms with E-state index in [2.05, 4.69) is 15.5 Å². The summed E-state index contributed by atoms with van der Waals surface area (Å²) in [4.78, 5) is 29.0. The Kier molecular flexibility index (Phi) is 4.10. The second kappa shape index (κ2) is 6.80. The quantitative estimate of drug-likeness (QED) is 0.594. The number of thiocarbonyl (C=S) groups is 1. The zero-order valence-electron chi connectivity index (χ0n) is 16.6. The molecule has 0 radical (unpaired) electrons.